The topological polar surface area (TPSA) is 158 Å². The van der Waals surface area contributed by atoms with E-state index in [0.717, 1.165) is 64.7 Å². The first-order chi connectivity index (χ1) is 19.9. The number of hydrogen-bond donors (Lipinski definition) is 3. The van der Waals surface area contributed by atoms with Crippen molar-refractivity contribution in [3.05, 3.63) is 27.6 Å². The number of ketones is 1. The van der Waals surface area contributed by atoms with Gasteiger partial charge in [0.05, 0.1) is 19.1 Å². The number of likely N-dealkylation sites (N-methyl/N-ethyl adjacent to an activating group) is 1. The minimum Gasteiger partial charge on any atom is -0.474 e. The molecule has 1 aliphatic carbocycles. The Hall–Kier alpha value is -2.80. The predicted octanol–water partition coefficient (Wildman–Crippen LogP) is 3.04. The van der Waals surface area contributed by atoms with Crippen molar-refractivity contribution >= 4 is 16.9 Å². The highest BCUT2D eigenvalue weighted by atomic mass is 16.7. The van der Waals surface area contributed by atoms with Crippen LogP contribution < -0.4 is 16.2 Å². The monoisotopic (exact) mass is 572 g/mol. The Morgan fingerprint density at radius 3 is 2.51 bits per heavy atom. The van der Waals surface area contributed by atoms with Crippen LogP contribution in [0.5, 0.6) is 5.88 Å². The van der Waals surface area contributed by atoms with E-state index in [4.69, 9.17) is 24.7 Å². The highest BCUT2D eigenvalue weighted by Crippen LogP contribution is 2.44. The molecule has 12 heteroatoms. The van der Waals surface area contributed by atoms with Crippen LogP contribution in [0.15, 0.2) is 16.1 Å². The van der Waals surface area contributed by atoms with E-state index >= 15 is 0 Å². The molecule has 3 aliphatic heterocycles. The van der Waals surface area contributed by atoms with Crippen molar-refractivity contribution in [1.29, 1.82) is 0 Å². The van der Waals surface area contributed by atoms with Crippen molar-refractivity contribution in [2.45, 2.75) is 83.0 Å². The quantitative estimate of drug-likeness (QED) is 0.317. The average Bonchev–Trinajstić information content (AvgIpc) is 3.80. The molecular weight excluding hydrogens is 528 g/mol. The molecular formula is C29H44N6O6. The summed E-state index contributed by atoms with van der Waals surface area (Å²) in [5, 5.41) is 0. The normalized spacial score (nSPS) is 24.8. The lowest BCUT2D eigenvalue weighted by molar-refractivity contribution is -0.203. The Morgan fingerprint density at radius 1 is 1.07 bits per heavy atom. The molecule has 2 aromatic heterocycles. The molecule has 41 heavy (non-hydrogen) atoms. The first kappa shape index (κ1) is 29.7. The number of likely N-dealkylation sites (tertiary alicyclic amines) is 1. The number of nitrogens with one attached hydrogen (secondary N) is 2. The van der Waals surface area contributed by atoms with E-state index in [1.807, 2.05) is 6.92 Å². The van der Waals surface area contributed by atoms with Crippen molar-refractivity contribution in [3.8, 4) is 5.88 Å². The summed E-state index contributed by atoms with van der Waals surface area (Å²) < 4.78 is 23.1. The zero-order valence-electron chi connectivity index (χ0n) is 24.3. The van der Waals surface area contributed by atoms with Crippen molar-refractivity contribution in [3.63, 3.8) is 0 Å². The summed E-state index contributed by atoms with van der Waals surface area (Å²) in [6, 6.07) is 0.250. The molecule has 2 atom stereocenters. The molecule has 1 saturated carbocycles. The van der Waals surface area contributed by atoms with E-state index in [9.17, 15) is 9.59 Å². The average molecular weight is 573 g/mol. The van der Waals surface area contributed by atoms with Crippen LogP contribution in [0.4, 0.5) is 0 Å². The number of imidazole rings is 1. The summed E-state index contributed by atoms with van der Waals surface area (Å²) >= 11 is 0. The summed E-state index contributed by atoms with van der Waals surface area (Å²) in [6.45, 7) is 6.47. The van der Waals surface area contributed by atoms with E-state index < -0.39 is 11.5 Å². The molecule has 0 amide bonds. The van der Waals surface area contributed by atoms with Gasteiger partial charge in [0.15, 0.2) is 11.4 Å². The van der Waals surface area contributed by atoms with Gasteiger partial charge < -0.3 is 29.6 Å². The van der Waals surface area contributed by atoms with E-state index in [1.54, 1.807) is 0 Å². The number of allylic oxidation sites excluding steroid dienone is 1. The van der Waals surface area contributed by atoms with Gasteiger partial charge in [-0.05, 0) is 58.5 Å². The van der Waals surface area contributed by atoms with Crippen LogP contribution in [0.25, 0.3) is 11.2 Å². The third-order valence-electron chi connectivity index (χ3n) is 8.53. The largest absolute Gasteiger partial charge is 0.474 e. The van der Waals surface area contributed by atoms with Crippen LogP contribution >= 0.6 is 0 Å². The fourth-order valence-corrected chi connectivity index (χ4v) is 6.28. The van der Waals surface area contributed by atoms with Crippen molar-refractivity contribution < 1.29 is 23.7 Å². The van der Waals surface area contributed by atoms with E-state index in [-0.39, 0.29) is 35.1 Å². The first-order valence-corrected chi connectivity index (χ1v) is 15.1. The Balaban J connectivity index is 0.000000610. The lowest BCUT2D eigenvalue weighted by atomic mass is 9.79. The second-order valence-electron chi connectivity index (χ2n) is 11.4. The van der Waals surface area contributed by atoms with Crippen LogP contribution in [0.2, 0.25) is 0 Å². The fourth-order valence-electron chi connectivity index (χ4n) is 6.28. The van der Waals surface area contributed by atoms with Gasteiger partial charge in [-0.1, -0.05) is 19.8 Å². The van der Waals surface area contributed by atoms with Crippen molar-refractivity contribution in [2.75, 3.05) is 46.6 Å². The van der Waals surface area contributed by atoms with Gasteiger partial charge in [-0.15, -0.1) is 0 Å². The van der Waals surface area contributed by atoms with Crippen molar-refractivity contribution in [1.82, 2.24) is 24.8 Å². The molecule has 5 heterocycles. The number of carbonyl (C=O) groups excluding carboxylic acids is 1. The number of Topliss-reactive ketones (excluding diaryl/α,β-unsaturated/α-hetero) is 1. The molecule has 226 valence electrons. The third-order valence-corrected chi connectivity index (χ3v) is 8.53. The maximum absolute atomic E-state index is 13.8. The van der Waals surface area contributed by atoms with Gasteiger partial charge in [0.2, 0.25) is 17.5 Å². The first-order valence-electron chi connectivity index (χ1n) is 15.1. The Morgan fingerprint density at radius 2 is 1.85 bits per heavy atom. The summed E-state index contributed by atoms with van der Waals surface area (Å²) in [4.78, 5) is 42.3. The minimum absolute atomic E-state index is 0.0444. The summed E-state index contributed by atoms with van der Waals surface area (Å²) in [5.41, 5.74) is 7.84. The zero-order chi connectivity index (χ0) is 28.8. The number of aromatic nitrogens is 4. The van der Waals surface area contributed by atoms with Gasteiger partial charge in [0.1, 0.15) is 12.1 Å². The molecule has 4 N–H and O–H groups in total. The van der Waals surface area contributed by atoms with Gasteiger partial charge in [-0.3, -0.25) is 14.8 Å². The zero-order valence-corrected chi connectivity index (χ0v) is 24.3. The maximum atomic E-state index is 13.8. The Kier molecular flexibility index (Phi) is 9.74. The second kappa shape index (κ2) is 13.5. The number of ether oxygens (including phenoxy) is 4. The lowest BCUT2D eigenvalue weighted by Crippen LogP contribution is -2.45. The molecule has 4 aliphatic rings. The molecule has 12 nitrogen and oxygen atoms in total. The molecule has 1 spiro atoms. The highest BCUT2D eigenvalue weighted by Gasteiger charge is 2.48. The van der Waals surface area contributed by atoms with Crippen LogP contribution in [-0.4, -0.2) is 89.1 Å². The molecule has 3 saturated heterocycles. The molecule has 0 unspecified atom stereocenters. The molecule has 0 bridgehead atoms. The van der Waals surface area contributed by atoms with E-state index in [2.05, 4.69) is 31.9 Å². The molecule has 0 radical (unpaired) electrons. The second-order valence-corrected chi connectivity index (χ2v) is 11.4. The van der Waals surface area contributed by atoms with Gasteiger partial charge in [-0.2, -0.15) is 4.98 Å². The van der Waals surface area contributed by atoms with Crippen LogP contribution in [0.3, 0.4) is 0 Å². The van der Waals surface area contributed by atoms with Crippen molar-refractivity contribution in [2.24, 2.45) is 11.7 Å². The number of carbonyl (C=O) groups is 1. The number of nitrogens with two attached hydrogens (primary N) is 1. The molecule has 2 aromatic rings. The van der Waals surface area contributed by atoms with Crippen LogP contribution in [0, 0.1) is 5.92 Å². The third kappa shape index (κ3) is 6.66. The number of hydrogen-bond acceptors (Lipinski definition) is 10. The van der Waals surface area contributed by atoms with Crippen LogP contribution in [0.1, 0.15) is 81.8 Å². The lowest BCUT2D eigenvalue weighted by Gasteiger charge is -2.40. The van der Waals surface area contributed by atoms with Crippen LogP contribution in [-0.2, 0) is 14.2 Å². The summed E-state index contributed by atoms with van der Waals surface area (Å²) in [7, 11) is 2.06. The Bertz CT molecular complexity index is 1270. The van der Waals surface area contributed by atoms with Gasteiger partial charge >= 0.3 is 5.69 Å². The maximum Gasteiger partial charge on any atom is 0.325 e. The van der Waals surface area contributed by atoms with Gasteiger partial charge in [0, 0.05) is 36.9 Å². The molecule has 6 rings (SSSR count). The fraction of sp³-hybridized carbons (Fsp3) is 0.724. The summed E-state index contributed by atoms with van der Waals surface area (Å²) in [5.74, 6) is -1.19. The van der Waals surface area contributed by atoms with Gasteiger partial charge in [0.25, 0.3) is 0 Å². The smallest absolute Gasteiger partial charge is 0.325 e. The standard InChI is InChI=1S/C25H36N6O5.C4H8O/c1-3-7-16(18(26)17-9-4-5-10-25(17)35-12-13-36-25)20(32)22-28-21-19(27-24(33)30-21)23(29-22)34-14-15-8-6-11-31(15)2;1-2-4-5-3-1/h15,17H,3-14,26H2,1-2H3,(H2,27,28,29,30,33);1-4H2/b18-16-;/t15-,17+;/m0./s1. The summed E-state index contributed by atoms with van der Waals surface area (Å²) in [6.07, 6.45) is 9.43. The van der Waals surface area contributed by atoms with E-state index in [1.165, 1.54) is 12.8 Å². The number of H-pyrrole nitrogens is 2. The SMILES string of the molecule is C1CCOC1.CCC/C(C(=O)c1nc(OC[C@@H]2CCCN2C)c2[nH]c(=O)[nH]c2n1)=C(/N)[C@H]1CCCCC12OCCO2. The Labute approximate surface area is 240 Å². The minimum atomic E-state index is -0.764. The number of rotatable bonds is 8. The highest BCUT2D eigenvalue weighted by molar-refractivity contribution is 6.07. The molecule has 4 fully saturated rings. The number of aromatic amines is 2. The number of nitrogens with zero attached hydrogens (tertiary/aromatic N) is 3. The number of fused-ring (bicyclic) bond motifs is 1. The molecule has 0 aromatic carbocycles. The van der Waals surface area contributed by atoms with Gasteiger partial charge in [-0.25, -0.2) is 9.78 Å². The predicted molar refractivity (Wildman–Crippen MR) is 153 cm³/mol. The van der Waals surface area contributed by atoms with E-state index in [0.29, 0.717) is 43.0 Å².